The number of nitrogens with zero attached hydrogens (tertiary/aromatic N) is 2. The molecule has 0 spiro atoms. The summed E-state index contributed by atoms with van der Waals surface area (Å²) >= 11 is 0. The number of alkyl halides is 3. The highest BCUT2D eigenvalue weighted by molar-refractivity contribution is 5.80. The lowest BCUT2D eigenvalue weighted by molar-refractivity contribution is -0.147. The van der Waals surface area contributed by atoms with Crippen LogP contribution in [-0.4, -0.2) is 35.5 Å². The van der Waals surface area contributed by atoms with Gasteiger partial charge in [-0.2, -0.15) is 13.2 Å². The van der Waals surface area contributed by atoms with Crippen LogP contribution in [0.4, 0.5) is 13.2 Å². The Balaban J connectivity index is 2.68. The molecule has 2 rings (SSSR count). The molecule has 1 aromatic carbocycles. The minimum Gasteiger partial charge on any atom is -0.493 e. The van der Waals surface area contributed by atoms with Crippen LogP contribution in [0.2, 0.25) is 0 Å². The van der Waals surface area contributed by atoms with Crippen molar-refractivity contribution in [2.24, 2.45) is 0 Å². The van der Waals surface area contributed by atoms with Crippen LogP contribution in [0.1, 0.15) is 12.2 Å². The summed E-state index contributed by atoms with van der Waals surface area (Å²) in [4.78, 5) is 3.64. The van der Waals surface area contributed by atoms with E-state index < -0.39 is 12.0 Å². The smallest absolute Gasteiger partial charge is 0.449 e. The lowest BCUT2D eigenvalue weighted by atomic mass is 10.2. The average Bonchev–Trinajstić information content (AvgIpc) is 2.81. The summed E-state index contributed by atoms with van der Waals surface area (Å²) in [6.07, 6.45) is -4.38. The lowest BCUT2D eigenvalue weighted by Gasteiger charge is -2.11. The van der Waals surface area contributed by atoms with Gasteiger partial charge in [-0.3, -0.25) is 0 Å². The van der Waals surface area contributed by atoms with Crippen LogP contribution >= 0.6 is 0 Å². The van der Waals surface area contributed by atoms with E-state index in [0.29, 0.717) is 11.5 Å². The summed E-state index contributed by atoms with van der Waals surface area (Å²) in [7, 11) is 2.81. The summed E-state index contributed by atoms with van der Waals surface area (Å²) in [5.41, 5.74) is 0.450. The highest BCUT2D eigenvalue weighted by atomic mass is 19.4. The topological polar surface area (TPSA) is 56.5 Å². The molecule has 0 fully saturated rings. The number of hydrogen-bond acceptors (Lipinski definition) is 4. The van der Waals surface area contributed by atoms with Gasteiger partial charge in [0, 0.05) is 25.3 Å². The van der Waals surface area contributed by atoms with E-state index in [1.165, 1.54) is 26.4 Å². The third-order valence-corrected chi connectivity index (χ3v) is 3.05. The molecular weight excluding hydrogens is 289 g/mol. The van der Waals surface area contributed by atoms with Crippen molar-refractivity contribution in [3.05, 3.63) is 18.0 Å². The van der Waals surface area contributed by atoms with Crippen LogP contribution in [0.5, 0.6) is 11.5 Å². The number of imidazole rings is 1. The molecule has 0 aliphatic carbocycles. The van der Waals surface area contributed by atoms with Crippen molar-refractivity contribution < 1.29 is 27.8 Å². The van der Waals surface area contributed by atoms with E-state index in [9.17, 15) is 13.2 Å². The molecule has 1 N–H and O–H groups in total. The summed E-state index contributed by atoms with van der Waals surface area (Å²) in [6, 6.07) is 2.85. The van der Waals surface area contributed by atoms with Gasteiger partial charge >= 0.3 is 6.18 Å². The Labute approximate surface area is 118 Å². The van der Waals surface area contributed by atoms with Crippen molar-refractivity contribution in [2.45, 2.75) is 19.1 Å². The minimum absolute atomic E-state index is 0.0112. The minimum atomic E-state index is -4.57. The molecule has 0 aliphatic heterocycles. The molecule has 0 saturated heterocycles. The number of aliphatic hydroxyl groups excluding tert-OH is 1. The van der Waals surface area contributed by atoms with E-state index in [0.717, 1.165) is 4.57 Å². The predicted molar refractivity (Wildman–Crippen MR) is 69.5 cm³/mol. The molecule has 2 aromatic rings. The van der Waals surface area contributed by atoms with Gasteiger partial charge in [-0.25, -0.2) is 4.98 Å². The van der Waals surface area contributed by atoms with Gasteiger partial charge in [0.05, 0.1) is 25.3 Å². The van der Waals surface area contributed by atoms with E-state index in [1.54, 1.807) is 0 Å². The number of hydrogen-bond donors (Lipinski definition) is 1. The van der Waals surface area contributed by atoms with Crippen LogP contribution in [-0.2, 0) is 12.7 Å². The Bertz CT molecular complexity index is 638. The molecule has 0 atom stereocenters. The second-order valence-electron chi connectivity index (χ2n) is 4.36. The first-order chi connectivity index (χ1) is 9.92. The van der Waals surface area contributed by atoms with Gasteiger partial charge in [-0.1, -0.05) is 0 Å². The maximum Gasteiger partial charge on any atom is 0.449 e. The molecule has 21 heavy (non-hydrogen) atoms. The van der Waals surface area contributed by atoms with Gasteiger partial charge in [0.1, 0.15) is 0 Å². The molecule has 8 heteroatoms. The zero-order valence-electron chi connectivity index (χ0n) is 11.6. The summed E-state index contributed by atoms with van der Waals surface area (Å²) in [5, 5.41) is 8.85. The van der Waals surface area contributed by atoms with Gasteiger partial charge in [-0.05, 0) is 6.42 Å². The van der Waals surface area contributed by atoms with Gasteiger partial charge in [-0.15, -0.1) is 0 Å². The number of aryl methyl sites for hydroxylation is 1. The molecule has 0 radical (unpaired) electrons. The van der Waals surface area contributed by atoms with E-state index in [1.807, 2.05) is 0 Å². The SMILES string of the molecule is COc1cc2nc(C(F)(F)F)n(CCCO)c2cc1OC. The Kier molecular flexibility index (Phi) is 4.26. The molecule has 0 saturated carbocycles. The second kappa shape index (κ2) is 5.80. The third-order valence-electron chi connectivity index (χ3n) is 3.05. The molecular formula is C13H15F3N2O3. The van der Waals surface area contributed by atoms with Gasteiger partial charge < -0.3 is 19.1 Å². The zero-order chi connectivity index (χ0) is 15.6. The van der Waals surface area contributed by atoms with Crippen LogP contribution in [0.25, 0.3) is 11.0 Å². The van der Waals surface area contributed by atoms with Crippen LogP contribution < -0.4 is 9.47 Å². The zero-order valence-corrected chi connectivity index (χ0v) is 11.6. The van der Waals surface area contributed by atoms with E-state index in [-0.39, 0.29) is 30.6 Å². The van der Waals surface area contributed by atoms with Crippen LogP contribution in [0, 0.1) is 0 Å². The quantitative estimate of drug-likeness (QED) is 0.922. The molecule has 0 amide bonds. The normalized spacial score (nSPS) is 11.9. The first-order valence-corrected chi connectivity index (χ1v) is 6.22. The maximum atomic E-state index is 13.1. The number of fused-ring (bicyclic) bond motifs is 1. The van der Waals surface area contributed by atoms with Gasteiger partial charge in [0.15, 0.2) is 11.5 Å². The fourth-order valence-electron chi connectivity index (χ4n) is 2.12. The number of ether oxygens (including phenoxy) is 2. The van der Waals surface area contributed by atoms with Crippen molar-refractivity contribution in [3.8, 4) is 11.5 Å². The number of halogens is 3. The maximum absolute atomic E-state index is 13.1. The molecule has 1 heterocycles. The van der Waals surface area contributed by atoms with Crippen molar-refractivity contribution in [1.29, 1.82) is 0 Å². The van der Waals surface area contributed by atoms with Crippen LogP contribution in [0.15, 0.2) is 12.1 Å². The summed E-state index contributed by atoms with van der Waals surface area (Å²) in [5.74, 6) is -0.365. The molecule has 0 aliphatic rings. The Morgan fingerprint density at radius 1 is 1.19 bits per heavy atom. The number of rotatable bonds is 5. The van der Waals surface area contributed by atoms with E-state index >= 15 is 0 Å². The first kappa shape index (κ1) is 15.4. The van der Waals surface area contributed by atoms with Crippen LogP contribution in [0.3, 0.4) is 0 Å². The Morgan fingerprint density at radius 3 is 2.33 bits per heavy atom. The molecule has 0 bridgehead atoms. The molecule has 5 nitrogen and oxygen atoms in total. The Hall–Kier alpha value is -1.96. The third kappa shape index (κ3) is 2.90. The molecule has 1 aromatic heterocycles. The lowest BCUT2D eigenvalue weighted by Crippen LogP contribution is -2.15. The van der Waals surface area contributed by atoms with Gasteiger partial charge in [0.2, 0.25) is 5.82 Å². The van der Waals surface area contributed by atoms with E-state index in [4.69, 9.17) is 14.6 Å². The number of methoxy groups -OCH3 is 2. The van der Waals surface area contributed by atoms with Crippen molar-refractivity contribution >= 4 is 11.0 Å². The van der Waals surface area contributed by atoms with Crippen molar-refractivity contribution in [2.75, 3.05) is 20.8 Å². The number of aliphatic hydroxyl groups is 1. The van der Waals surface area contributed by atoms with E-state index in [2.05, 4.69) is 4.98 Å². The highest BCUT2D eigenvalue weighted by Crippen LogP contribution is 2.36. The van der Waals surface area contributed by atoms with Gasteiger partial charge in [0.25, 0.3) is 0 Å². The number of benzene rings is 1. The molecule has 116 valence electrons. The first-order valence-electron chi connectivity index (χ1n) is 6.22. The Morgan fingerprint density at radius 2 is 1.81 bits per heavy atom. The standard InChI is InChI=1S/C13H15F3N2O3/c1-20-10-6-8-9(7-11(10)21-2)18(4-3-5-19)12(17-8)13(14,15)16/h6-7,19H,3-5H2,1-2H3. The summed E-state index contributed by atoms with van der Waals surface area (Å²) in [6.45, 7) is -0.193. The monoisotopic (exact) mass is 304 g/mol. The highest BCUT2D eigenvalue weighted by Gasteiger charge is 2.37. The van der Waals surface area contributed by atoms with Crippen molar-refractivity contribution in [1.82, 2.24) is 9.55 Å². The fourth-order valence-corrected chi connectivity index (χ4v) is 2.12. The largest absolute Gasteiger partial charge is 0.493 e. The predicted octanol–water partition coefficient (Wildman–Crippen LogP) is 2.45. The summed E-state index contributed by atoms with van der Waals surface area (Å²) < 4.78 is 50.4. The van der Waals surface area contributed by atoms with Crippen molar-refractivity contribution in [3.63, 3.8) is 0 Å². The fraction of sp³-hybridized carbons (Fsp3) is 0.462. The molecule has 0 unspecified atom stereocenters. The number of aromatic nitrogens is 2. The average molecular weight is 304 g/mol. The second-order valence-corrected chi connectivity index (χ2v) is 4.36.